The molecule has 0 saturated carbocycles. The third-order valence-electron chi connectivity index (χ3n) is 2.23. The highest BCUT2D eigenvalue weighted by atomic mass is 16.7. The average molecular weight is 300 g/mol. The van der Waals surface area contributed by atoms with Crippen LogP contribution < -0.4 is 0 Å². The molecule has 0 fully saturated rings. The SMILES string of the molecule is C=C(C)C(=O)OC(C)OCC(C)OC(C)OC(=O)C(=C)C. The molecule has 0 N–H and O–H groups in total. The Bertz CT molecular complexity index is 401. The number of hydrogen-bond acceptors (Lipinski definition) is 6. The average Bonchev–Trinajstić information content (AvgIpc) is 2.35. The van der Waals surface area contributed by atoms with E-state index >= 15 is 0 Å². The van der Waals surface area contributed by atoms with Gasteiger partial charge in [-0.05, 0) is 34.6 Å². The Kier molecular flexibility index (Phi) is 8.57. The van der Waals surface area contributed by atoms with Crippen LogP contribution in [0.4, 0.5) is 0 Å². The van der Waals surface area contributed by atoms with Gasteiger partial charge in [0.15, 0.2) is 0 Å². The Morgan fingerprint density at radius 2 is 1.33 bits per heavy atom. The maximum atomic E-state index is 11.3. The van der Waals surface area contributed by atoms with Crippen LogP contribution in [0.5, 0.6) is 0 Å². The molecule has 0 aliphatic carbocycles. The third kappa shape index (κ3) is 8.99. The lowest BCUT2D eigenvalue weighted by atomic mass is 10.4. The Labute approximate surface area is 125 Å². The molecule has 0 aliphatic rings. The lowest BCUT2D eigenvalue weighted by Gasteiger charge is -2.21. The zero-order chi connectivity index (χ0) is 16.6. The van der Waals surface area contributed by atoms with Gasteiger partial charge in [0.25, 0.3) is 0 Å². The number of ether oxygens (including phenoxy) is 4. The summed E-state index contributed by atoms with van der Waals surface area (Å²) in [5.41, 5.74) is 0.602. The molecule has 0 aliphatic heterocycles. The van der Waals surface area contributed by atoms with E-state index in [4.69, 9.17) is 18.9 Å². The molecule has 0 saturated heterocycles. The predicted molar refractivity (Wildman–Crippen MR) is 77.2 cm³/mol. The van der Waals surface area contributed by atoms with Gasteiger partial charge in [-0.2, -0.15) is 0 Å². The molecule has 3 atom stereocenters. The summed E-state index contributed by atoms with van der Waals surface area (Å²) in [6, 6.07) is 0. The molecule has 6 heteroatoms. The Hall–Kier alpha value is -1.66. The fourth-order valence-electron chi connectivity index (χ4n) is 1.20. The first-order chi connectivity index (χ1) is 9.63. The van der Waals surface area contributed by atoms with Crippen molar-refractivity contribution in [2.24, 2.45) is 0 Å². The van der Waals surface area contributed by atoms with E-state index < -0.39 is 24.5 Å². The highest BCUT2D eigenvalue weighted by Crippen LogP contribution is 2.06. The summed E-state index contributed by atoms with van der Waals surface area (Å²) >= 11 is 0. The van der Waals surface area contributed by atoms with E-state index in [1.807, 2.05) is 0 Å². The third-order valence-corrected chi connectivity index (χ3v) is 2.23. The zero-order valence-corrected chi connectivity index (χ0v) is 13.3. The van der Waals surface area contributed by atoms with Gasteiger partial charge in [0.1, 0.15) is 0 Å². The molecule has 0 aromatic carbocycles. The van der Waals surface area contributed by atoms with Crippen molar-refractivity contribution in [2.45, 2.75) is 53.3 Å². The molecule has 0 spiro atoms. The molecule has 0 rings (SSSR count). The van der Waals surface area contributed by atoms with Crippen LogP contribution in [0.2, 0.25) is 0 Å². The minimum Gasteiger partial charge on any atom is -0.433 e. The number of carbonyl (C=O) groups is 2. The van der Waals surface area contributed by atoms with Gasteiger partial charge >= 0.3 is 11.9 Å². The second-order valence-electron chi connectivity index (χ2n) is 4.79. The first-order valence-electron chi connectivity index (χ1n) is 6.63. The van der Waals surface area contributed by atoms with Crippen molar-refractivity contribution >= 4 is 11.9 Å². The summed E-state index contributed by atoms with van der Waals surface area (Å²) in [6.45, 7) is 15.2. The van der Waals surface area contributed by atoms with E-state index in [0.717, 1.165) is 0 Å². The molecule has 6 nitrogen and oxygen atoms in total. The fraction of sp³-hybridized carbons (Fsp3) is 0.600. The first kappa shape index (κ1) is 19.3. The van der Waals surface area contributed by atoms with Crippen molar-refractivity contribution in [3.05, 3.63) is 24.3 Å². The van der Waals surface area contributed by atoms with E-state index in [0.29, 0.717) is 11.1 Å². The highest BCUT2D eigenvalue weighted by molar-refractivity contribution is 5.87. The number of esters is 2. The molecular weight excluding hydrogens is 276 g/mol. The van der Waals surface area contributed by atoms with Crippen molar-refractivity contribution < 1.29 is 28.5 Å². The Balaban J connectivity index is 4.01. The summed E-state index contributed by atoms with van der Waals surface area (Å²) in [5, 5.41) is 0. The predicted octanol–water partition coefficient (Wildman–Crippen LogP) is 2.34. The van der Waals surface area contributed by atoms with Crippen LogP contribution in [0, 0.1) is 0 Å². The van der Waals surface area contributed by atoms with Gasteiger partial charge in [-0.1, -0.05) is 13.2 Å². The van der Waals surface area contributed by atoms with Crippen LogP contribution >= 0.6 is 0 Å². The molecule has 120 valence electrons. The molecule has 3 unspecified atom stereocenters. The molecule has 0 aromatic rings. The van der Waals surface area contributed by atoms with Crippen LogP contribution in [0.25, 0.3) is 0 Å². The molecule has 21 heavy (non-hydrogen) atoms. The summed E-state index contributed by atoms with van der Waals surface area (Å²) in [4.78, 5) is 22.5. The smallest absolute Gasteiger partial charge is 0.335 e. The first-order valence-corrected chi connectivity index (χ1v) is 6.63. The van der Waals surface area contributed by atoms with Crippen molar-refractivity contribution in [3.8, 4) is 0 Å². The van der Waals surface area contributed by atoms with Crippen molar-refractivity contribution in [3.63, 3.8) is 0 Å². The Morgan fingerprint density at radius 1 is 0.905 bits per heavy atom. The van der Waals surface area contributed by atoms with Crippen LogP contribution in [0.3, 0.4) is 0 Å². The second-order valence-corrected chi connectivity index (χ2v) is 4.79. The van der Waals surface area contributed by atoms with Gasteiger partial charge in [-0.25, -0.2) is 9.59 Å². The van der Waals surface area contributed by atoms with Crippen molar-refractivity contribution in [1.29, 1.82) is 0 Å². The number of carbonyl (C=O) groups excluding carboxylic acids is 2. The van der Waals surface area contributed by atoms with Crippen LogP contribution in [-0.2, 0) is 28.5 Å². The minimum atomic E-state index is -0.721. The molecule has 0 amide bonds. The second kappa shape index (κ2) is 9.31. The van der Waals surface area contributed by atoms with Crippen LogP contribution in [-0.4, -0.2) is 37.2 Å². The van der Waals surface area contributed by atoms with Gasteiger partial charge in [0.2, 0.25) is 12.6 Å². The van der Waals surface area contributed by atoms with E-state index in [2.05, 4.69) is 13.2 Å². The summed E-state index contributed by atoms with van der Waals surface area (Å²) in [7, 11) is 0. The lowest BCUT2D eigenvalue weighted by Crippen LogP contribution is -2.28. The normalized spacial score (nSPS) is 14.7. The lowest BCUT2D eigenvalue weighted by molar-refractivity contribution is -0.200. The maximum absolute atomic E-state index is 11.3. The molecule has 0 aromatic heterocycles. The maximum Gasteiger partial charge on any atom is 0.335 e. The monoisotopic (exact) mass is 300 g/mol. The van der Waals surface area contributed by atoms with Crippen LogP contribution in [0.15, 0.2) is 24.3 Å². The van der Waals surface area contributed by atoms with Crippen LogP contribution in [0.1, 0.15) is 34.6 Å². The topological polar surface area (TPSA) is 71.1 Å². The minimum absolute atomic E-state index is 0.180. The highest BCUT2D eigenvalue weighted by Gasteiger charge is 2.16. The van der Waals surface area contributed by atoms with E-state index in [-0.39, 0.29) is 12.7 Å². The fourth-order valence-corrected chi connectivity index (χ4v) is 1.20. The van der Waals surface area contributed by atoms with Crippen molar-refractivity contribution in [2.75, 3.05) is 6.61 Å². The van der Waals surface area contributed by atoms with Crippen molar-refractivity contribution in [1.82, 2.24) is 0 Å². The Morgan fingerprint density at radius 3 is 1.76 bits per heavy atom. The quantitative estimate of drug-likeness (QED) is 0.370. The molecule has 0 heterocycles. The summed E-state index contributed by atoms with van der Waals surface area (Å²) in [5.74, 6) is -1.03. The summed E-state index contributed by atoms with van der Waals surface area (Å²) in [6.07, 6.45) is -1.78. The molecule has 0 radical (unpaired) electrons. The van der Waals surface area contributed by atoms with E-state index in [9.17, 15) is 9.59 Å². The van der Waals surface area contributed by atoms with Gasteiger partial charge in [0.05, 0.1) is 12.7 Å². The number of hydrogen-bond donors (Lipinski definition) is 0. The molecular formula is C15H24O6. The largest absolute Gasteiger partial charge is 0.433 e. The van der Waals surface area contributed by atoms with Gasteiger partial charge < -0.3 is 18.9 Å². The standard InChI is InChI=1S/C15H24O6/c1-9(2)14(16)20-12(6)18-8-11(5)19-13(7)21-15(17)10(3)4/h11-13H,1,3,8H2,2,4-7H3. The van der Waals surface area contributed by atoms with Gasteiger partial charge in [-0.15, -0.1) is 0 Å². The molecule has 0 bridgehead atoms. The van der Waals surface area contributed by atoms with E-state index in [1.54, 1.807) is 34.6 Å². The van der Waals surface area contributed by atoms with Gasteiger partial charge in [-0.3, -0.25) is 0 Å². The van der Waals surface area contributed by atoms with E-state index in [1.165, 1.54) is 0 Å². The summed E-state index contributed by atoms with van der Waals surface area (Å²) < 4.78 is 20.6. The number of rotatable bonds is 9. The zero-order valence-electron chi connectivity index (χ0n) is 13.3. The van der Waals surface area contributed by atoms with Gasteiger partial charge in [0, 0.05) is 11.1 Å².